The van der Waals surface area contributed by atoms with Crippen LogP contribution in [0.5, 0.6) is 0 Å². The van der Waals surface area contributed by atoms with E-state index >= 15 is 0 Å². The summed E-state index contributed by atoms with van der Waals surface area (Å²) in [5.41, 5.74) is 7.30. The summed E-state index contributed by atoms with van der Waals surface area (Å²) in [5, 5.41) is 10.5. The quantitative estimate of drug-likeness (QED) is 0.217. The van der Waals surface area contributed by atoms with E-state index < -0.39 is 0 Å². The maximum Gasteiger partial charge on any atom is 0.0561 e. The SMILES string of the molecule is c1ccc(-n2c3ccccc3c3ccc(-n4c5cccc6c7ccccc7c7cccc4c7c65)cc32)cc1. The van der Waals surface area contributed by atoms with Crippen molar-refractivity contribution in [2.24, 2.45) is 0 Å². The second-order valence-corrected chi connectivity index (χ2v) is 10.2. The molecular weight excluding hydrogens is 460 g/mol. The number of benzene rings is 7. The van der Waals surface area contributed by atoms with E-state index in [1.54, 1.807) is 0 Å². The van der Waals surface area contributed by atoms with Crippen LogP contribution in [0.15, 0.2) is 133 Å². The van der Waals surface area contributed by atoms with Gasteiger partial charge in [-0.3, -0.25) is 0 Å². The van der Waals surface area contributed by atoms with Crippen molar-refractivity contribution in [2.45, 2.75) is 0 Å². The third kappa shape index (κ3) is 2.47. The Balaban J connectivity index is 1.45. The summed E-state index contributed by atoms with van der Waals surface area (Å²) in [5.74, 6) is 0. The van der Waals surface area contributed by atoms with Gasteiger partial charge in [0.2, 0.25) is 0 Å². The largest absolute Gasteiger partial charge is 0.309 e. The Morgan fingerprint density at radius 3 is 1.47 bits per heavy atom. The van der Waals surface area contributed by atoms with Crippen LogP contribution >= 0.6 is 0 Å². The van der Waals surface area contributed by atoms with Crippen molar-refractivity contribution in [3.8, 4) is 11.4 Å². The highest BCUT2D eigenvalue weighted by Crippen LogP contribution is 2.44. The van der Waals surface area contributed by atoms with Crippen LogP contribution in [0.25, 0.3) is 76.5 Å². The van der Waals surface area contributed by atoms with E-state index in [4.69, 9.17) is 0 Å². The van der Waals surface area contributed by atoms with Crippen molar-refractivity contribution in [3.63, 3.8) is 0 Å². The van der Waals surface area contributed by atoms with Gasteiger partial charge in [0.15, 0.2) is 0 Å². The van der Waals surface area contributed by atoms with E-state index in [1.165, 1.54) is 76.5 Å². The van der Waals surface area contributed by atoms with Crippen LogP contribution in [0.4, 0.5) is 0 Å². The van der Waals surface area contributed by atoms with E-state index in [1.807, 2.05) is 0 Å². The van der Waals surface area contributed by atoms with Crippen LogP contribution in [0.3, 0.4) is 0 Å². The fourth-order valence-electron chi connectivity index (χ4n) is 6.74. The predicted molar refractivity (Wildman–Crippen MR) is 161 cm³/mol. The summed E-state index contributed by atoms with van der Waals surface area (Å²) in [6.45, 7) is 0. The minimum absolute atomic E-state index is 1.18. The second kappa shape index (κ2) is 7.24. The number of fused-ring (bicyclic) bond motifs is 6. The highest BCUT2D eigenvalue weighted by Gasteiger charge is 2.20. The highest BCUT2D eigenvalue weighted by molar-refractivity contribution is 6.34. The van der Waals surface area contributed by atoms with Crippen LogP contribution in [-0.4, -0.2) is 9.13 Å². The summed E-state index contributed by atoms with van der Waals surface area (Å²) in [6, 6.07) is 48.7. The number of hydrogen-bond donors (Lipinski definition) is 0. The van der Waals surface area contributed by atoms with E-state index in [0.717, 1.165) is 0 Å². The molecule has 0 radical (unpaired) electrons. The molecule has 0 bridgehead atoms. The van der Waals surface area contributed by atoms with E-state index in [9.17, 15) is 0 Å². The molecule has 2 heteroatoms. The van der Waals surface area contributed by atoms with Gasteiger partial charge in [0, 0.05) is 32.9 Å². The molecule has 0 atom stereocenters. The van der Waals surface area contributed by atoms with Crippen LogP contribution in [0.1, 0.15) is 0 Å². The Morgan fingerprint density at radius 2 is 0.789 bits per heavy atom. The lowest BCUT2D eigenvalue weighted by atomic mass is 9.95. The summed E-state index contributed by atoms with van der Waals surface area (Å²) in [6.07, 6.45) is 0. The fourth-order valence-corrected chi connectivity index (χ4v) is 6.74. The number of para-hydroxylation sites is 2. The normalized spacial score (nSPS) is 12.2. The fraction of sp³-hybridized carbons (Fsp3) is 0. The second-order valence-electron chi connectivity index (χ2n) is 10.2. The number of hydrogen-bond acceptors (Lipinski definition) is 0. The molecule has 0 aliphatic heterocycles. The molecule has 0 saturated heterocycles. The minimum atomic E-state index is 1.18. The van der Waals surface area contributed by atoms with Gasteiger partial charge in [-0.1, -0.05) is 91.0 Å². The average molecular weight is 483 g/mol. The number of nitrogens with zero attached hydrogens (tertiary/aromatic N) is 2. The Morgan fingerprint density at radius 1 is 0.289 bits per heavy atom. The molecule has 2 heterocycles. The molecule has 0 N–H and O–H groups in total. The van der Waals surface area contributed by atoms with E-state index in [2.05, 4.69) is 143 Å². The Kier molecular flexibility index (Phi) is 3.82. The maximum absolute atomic E-state index is 2.45. The molecule has 0 saturated carbocycles. The molecule has 0 spiro atoms. The first-order valence-electron chi connectivity index (χ1n) is 13.1. The van der Waals surface area contributed by atoms with Crippen molar-refractivity contribution in [1.29, 1.82) is 0 Å². The third-order valence-corrected chi connectivity index (χ3v) is 8.25. The molecule has 9 aromatic rings. The lowest BCUT2D eigenvalue weighted by Crippen LogP contribution is -1.96. The zero-order chi connectivity index (χ0) is 24.8. The molecule has 0 fully saturated rings. The van der Waals surface area contributed by atoms with Gasteiger partial charge in [0.1, 0.15) is 0 Å². The Bertz CT molecular complexity index is 2250. The smallest absolute Gasteiger partial charge is 0.0561 e. The van der Waals surface area contributed by atoms with Gasteiger partial charge >= 0.3 is 0 Å². The lowest BCUT2D eigenvalue weighted by molar-refractivity contribution is 1.15. The third-order valence-electron chi connectivity index (χ3n) is 8.25. The standard InChI is InChI=1S/C36H22N2/c1-2-10-23(11-3-1)37-31-17-7-6-14-27(31)28-21-20-24(22-34(28)37)38-32-18-8-15-29-25-12-4-5-13-26(25)30-16-9-19-33(38)36(30)35(29)32/h1-22H. The molecular formula is C36H22N2. The molecule has 0 aliphatic rings. The zero-order valence-corrected chi connectivity index (χ0v) is 20.6. The Hall–Kier alpha value is -5.08. The molecule has 0 amide bonds. The first-order valence-corrected chi connectivity index (χ1v) is 13.1. The summed E-state index contributed by atoms with van der Waals surface area (Å²) < 4.78 is 4.85. The van der Waals surface area contributed by atoms with Crippen molar-refractivity contribution in [1.82, 2.24) is 9.13 Å². The average Bonchev–Trinajstić information content (AvgIpc) is 3.50. The van der Waals surface area contributed by atoms with Crippen molar-refractivity contribution in [3.05, 3.63) is 133 Å². The molecule has 0 unspecified atom stereocenters. The number of rotatable bonds is 2. The summed E-state index contributed by atoms with van der Waals surface area (Å²) >= 11 is 0. The monoisotopic (exact) mass is 482 g/mol. The molecule has 176 valence electrons. The maximum atomic E-state index is 2.45. The van der Waals surface area contributed by atoms with Crippen molar-refractivity contribution >= 4 is 65.2 Å². The Labute approximate surface area is 218 Å². The van der Waals surface area contributed by atoms with Crippen molar-refractivity contribution < 1.29 is 0 Å². The molecule has 0 aliphatic carbocycles. The highest BCUT2D eigenvalue weighted by atomic mass is 15.0. The van der Waals surface area contributed by atoms with Crippen LogP contribution in [-0.2, 0) is 0 Å². The van der Waals surface area contributed by atoms with Gasteiger partial charge in [-0.25, -0.2) is 0 Å². The topological polar surface area (TPSA) is 9.86 Å². The first kappa shape index (κ1) is 20.0. The van der Waals surface area contributed by atoms with Gasteiger partial charge in [0.25, 0.3) is 0 Å². The minimum Gasteiger partial charge on any atom is -0.309 e. The van der Waals surface area contributed by atoms with Gasteiger partial charge in [-0.15, -0.1) is 0 Å². The van der Waals surface area contributed by atoms with Crippen LogP contribution in [0.2, 0.25) is 0 Å². The molecule has 7 aromatic carbocycles. The summed E-state index contributed by atoms with van der Waals surface area (Å²) in [7, 11) is 0. The van der Waals surface area contributed by atoms with Gasteiger partial charge < -0.3 is 9.13 Å². The molecule has 2 nitrogen and oxygen atoms in total. The first-order chi connectivity index (χ1) is 18.9. The van der Waals surface area contributed by atoms with Gasteiger partial charge in [0.05, 0.1) is 22.1 Å². The number of aromatic nitrogens is 2. The summed E-state index contributed by atoms with van der Waals surface area (Å²) in [4.78, 5) is 0. The molecule has 2 aromatic heterocycles. The molecule has 38 heavy (non-hydrogen) atoms. The van der Waals surface area contributed by atoms with Crippen molar-refractivity contribution in [2.75, 3.05) is 0 Å². The van der Waals surface area contributed by atoms with Crippen LogP contribution < -0.4 is 0 Å². The van der Waals surface area contributed by atoms with Crippen LogP contribution in [0, 0.1) is 0 Å². The molecule has 9 rings (SSSR count). The van der Waals surface area contributed by atoms with E-state index in [0.29, 0.717) is 0 Å². The van der Waals surface area contributed by atoms with E-state index in [-0.39, 0.29) is 0 Å². The lowest BCUT2D eigenvalue weighted by Gasteiger charge is -2.11. The van der Waals surface area contributed by atoms with Gasteiger partial charge in [-0.2, -0.15) is 0 Å². The zero-order valence-electron chi connectivity index (χ0n) is 20.6. The predicted octanol–water partition coefficient (Wildman–Crippen LogP) is 9.62. The van der Waals surface area contributed by atoms with Gasteiger partial charge in [-0.05, 0) is 64.0 Å².